The number of hydrogen-bond donors (Lipinski definition) is 3. The Bertz CT molecular complexity index is 645. The molecule has 8 nitrogen and oxygen atoms in total. The van der Waals surface area contributed by atoms with Crippen LogP contribution in [0.5, 0.6) is 0 Å². The molecule has 0 aliphatic rings. The fourth-order valence-corrected chi connectivity index (χ4v) is 2.20. The summed E-state index contributed by atoms with van der Waals surface area (Å²) in [6.45, 7) is 4.83. The highest BCUT2D eigenvalue weighted by Crippen LogP contribution is 2.06. The van der Waals surface area contributed by atoms with Crippen molar-refractivity contribution in [3.05, 3.63) is 35.9 Å². The molecule has 8 heteroatoms. The van der Waals surface area contributed by atoms with Gasteiger partial charge in [-0.05, 0) is 11.5 Å². The number of esters is 1. The minimum atomic E-state index is -1.22. The number of carbonyl (C=O) groups is 4. The first-order valence-corrected chi connectivity index (χ1v) is 8.27. The van der Waals surface area contributed by atoms with Crippen molar-refractivity contribution in [2.45, 2.75) is 45.9 Å². The molecule has 0 aliphatic heterocycles. The summed E-state index contributed by atoms with van der Waals surface area (Å²) >= 11 is 0. The normalized spacial score (nSPS) is 12.8. The monoisotopic (exact) mass is 363 g/mol. The molecule has 4 N–H and O–H groups in total. The molecule has 1 aromatic carbocycles. The van der Waals surface area contributed by atoms with Crippen LogP contribution in [0.3, 0.4) is 0 Å². The van der Waals surface area contributed by atoms with Crippen molar-refractivity contribution in [3.63, 3.8) is 0 Å². The summed E-state index contributed by atoms with van der Waals surface area (Å²) in [7, 11) is 0. The molecule has 0 saturated heterocycles. The van der Waals surface area contributed by atoms with E-state index in [9.17, 15) is 19.2 Å². The molecular weight excluding hydrogens is 338 g/mol. The largest absolute Gasteiger partial charge is 0.461 e. The lowest BCUT2D eigenvalue weighted by Gasteiger charge is -2.23. The van der Waals surface area contributed by atoms with E-state index in [2.05, 4.69) is 10.6 Å². The van der Waals surface area contributed by atoms with Crippen LogP contribution >= 0.6 is 0 Å². The van der Waals surface area contributed by atoms with Crippen molar-refractivity contribution < 1.29 is 23.9 Å². The van der Waals surface area contributed by atoms with E-state index < -0.39 is 36.3 Å². The standard InChI is InChI=1S/C18H25N3O5/c1-11(2)16(20-12(3)22)18(25)21-14(17(19)24)9-15(23)26-10-13-7-5-4-6-8-13/h4-8,11,14,16H,9-10H2,1-3H3,(H2,19,24)(H,20,22)(H,21,25)/t14-,16+/m0/s1. The molecule has 1 aromatic rings. The van der Waals surface area contributed by atoms with Gasteiger partial charge in [-0.25, -0.2) is 0 Å². The molecule has 142 valence electrons. The Kier molecular flexibility index (Phi) is 8.27. The van der Waals surface area contributed by atoms with E-state index in [1.807, 2.05) is 18.2 Å². The molecule has 2 atom stereocenters. The SMILES string of the molecule is CC(=O)N[C@@H](C(=O)N[C@@H](CC(=O)OCc1ccccc1)C(N)=O)C(C)C. The Morgan fingerprint density at radius 3 is 2.19 bits per heavy atom. The Morgan fingerprint density at radius 2 is 1.69 bits per heavy atom. The molecule has 1 rings (SSSR count). The zero-order valence-corrected chi connectivity index (χ0v) is 15.2. The molecule has 0 fully saturated rings. The number of amides is 3. The highest BCUT2D eigenvalue weighted by Gasteiger charge is 2.28. The van der Waals surface area contributed by atoms with Crippen LogP contribution in [0.2, 0.25) is 0 Å². The number of nitrogens with two attached hydrogens (primary N) is 1. The lowest BCUT2D eigenvalue weighted by molar-refractivity contribution is -0.147. The summed E-state index contributed by atoms with van der Waals surface area (Å²) in [4.78, 5) is 47.0. The number of nitrogens with one attached hydrogen (secondary N) is 2. The van der Waals surface area contributed by atoms with Gasteiger partial charge < -0.3 is 21.1 Å². The van der Waals surface area contributed by atoms with Gasteiger partial charge in [-0.15, -0.1) is 0 Å². The number of hydrogen-bond acceptors (Lipinski definition) is 5. The second-order valence-electron chi connectivity index (χ2n) is 6.24. The summed E-state index contributed by atoms with van der Waals surface area (Å²) in [5.41, 5.74) is 6.07. The Labute approximate surface area is 152 Å². The molecular formula is C18H25N3O5. The smallest absolute Gasteiger partial charge is 0.308 e. The molecule has 26 heavy (non-hydrogen) atoms. The van der Waals surface area contributed by atoms with Gasteiger partial charge in [0.15, 0.2) is 0 Å². The fraction of sp³-hybridized carbons (Fsp3) is 0.444. The van der Waals surface area contributed by atoms with Gasteiger partial charge in [-0.3, -0.25) is 19.2 Å². The van der Waals surface area contributed by atoms with Crippen LogP contribution in [0.25, 0.3) is 0 Å². The zero-order chi connectivity index (χ0) is 19.7. The highest BCUT2D eigenvalue weighted by atomic mass is 16.5. The molecule has 3 amide bonds. The highest BCUT2D eigenvalue weighted by molar-refractivity contribution is 5.93. The minimum absolute atomic E-state index is 0.0552. The molecule has 0 bridgehead atoms. The van der Waals surface area contributed by atoms with Gasteiger partial charge in [0.2, 0.25) is 17.7 Å². The van der Waals surface area contributed by atoms with Crippen LogP contribution in [0, 0.1) is 5.92 Å². The van der Waals surface area contributed by atoms with Gasteiger partial charge in [-0.2, -0.15) is 0 Å². The van der Waals surface area contributed by atoms with E-state index in [0.29, 0.717) is 0 Å². The van der Waals surface area contributed by atoms with Crippen LogP contribution in [0.1, 0.15) is 32.8 Å². The van der Waals surface area contributed by atoms with Crippen LogP contribution in [0.15, 0.2) is 30.3 Å². The molecule has 0 saturated carbocycles. The molecule has 0 spiro atoms. The van der Waals surface area contributed by atoms with Crippen molar-refractivity contribution in [1.29, 1.82) is 0 Å². The van der Waals surface area contributed by atoms with E-state index in [1.54, 1.807) is 26.0 Å². The maximum atomic E-state index is 12.3. The first-order valence-electron chi connectivity index (χ1n) is 8.27. The van der Waals surface area contributed by atoms with Gasteiger partial charge >= 0.3 is 5.97 Å². The van der Waals surface area contributed by atoms with E-state index in [4.69, 9.17) is 10.5 Å². The number of benzene rings is 1. The van der Waals surface area contributed by atoms with Crippen LogP contribution < -0.4 is 16.4 Å². The Morgan fingerprint density at radius 1 is 1.08 bits per heavy atom. The summed E-state index contributed by atoms with van der Waals surface area (Å²) in [6, 6.07) is 6.98. The van der Waals surface area contributed by atoms with E-state index in [0.717, 1.165) is 5.56 Å². The van der Waals surface area contributed by atoms with Gasteiger partial charge in [0.1, 0.15) is 18.7 Å². The zero-order valence-electron chi connectivity index (χ0n) is 15.2. The summed E-state index contributed by atoms with van der Waals surface area (Å²) < 4.78 is 5.10. The second kappa shape index (κ2) is 10.2. The van der Waals surface area contributed by atoms with Gasteiger partial charge in [0.05, 0.1) is 6.42 Å². The first kappa shape index (κ1) is 21.1. The molecule has 0 heterocycles. The maximum Gasteiger partial charge on any atom is 0.308 e. The van der Waals surface area contributed by atoms with E-state index in [1.165, 1.54) is 6.92 Å². The average molecular weight is 363 g/mol. The lowest BCUT2D eigenvalue weighted by Crippen LogP contribution is -2.55. The van der Waals surface area contributed by atoms with Crippen LogP contribution in [0.4, 0.5) is 0 Å². The predicted molar refractivity (Wildman–Crippen MR) is 94.4 cm³/mol. The van der Waals surface area contributed by atoms with Gasteiger partial charge in [-0.1, -0.05) is 44.2 Å². The van der Waals surface area contributed by atoms with Gasteiger partial charge in [0.25, 0.3) is 0 Å². The lowest BCUT2D eigenvalue weighted by atomic mass is 10.0. The molecule has 0 aromatic heterocycles. The molecule has 0 aliphatic carbocycles. The van der Waals surface area contributed by atoms with Gasteiger partial charge in [0, 0.05) is 6.92 Å². The first-order chi connectivity index (χ1) is 12.2. The van der Waals surface area contributed by atoms with Crippen LogP contribution in [-0.2, 0) is 30.5 Å². The van der Waals surface area contributed by atoms with E-state index >= 15 is 0 Å². The third-order valence-electron chi connectivity index (χ3n) is 3.58. The number of ether oxygens (including phenoxy) is 1. The van der Waals surface area contributed by atoms with Crippen molar-refractivity contribution in [3.8, 4) is 0 Å². The van der Waals surface area contributed by atoms with Crippen molar-refractivity contribution in [2.24, 2.45) is 11.7 Å². The Balaban J connectivity index is 2.64. The average Bonchev–Trinajstić information content (AvgIpc) is 2.57. The summed E-state index contributed by atoms with van der Waals surface area (Å²) in [5, 5.41) is 4.91. The number of primary amides is 1. The van der Waals surface area contributed by atoms with Crippen molar-refractivity contribution >= 4 is 23.7 Å². The number of rotatable bonds is 9. The summed E-state index contributed by atoms with van der Waals surface area (Å²) in [6.07, 6.45) is -0.390. The number of carbonyl (C=O) groups excluding carboxylic acids is 4. The molecule has 0 unspecified atom stereocenters. The maximum absolute atomic E-state index is 12.3. The third-order valence-corrected chi connectivity index (χ3v) is 3.58. The van der Waals surface area contributed by atoms with Crippen molar-refractivity contribution in [1.82, 2.24) is 10.6 Å². The Hall–Kier alpha value is -2.90. The predicted octanol–water partition coefficient (Wildman–Crippen LogP) is 0.251. The van der Waals surface area contributed by atoms with Crippen LogP contribution in [-0.4, -0.2) is 35.8 Å². The third kappa shape index (κ3) is 7.33. The second-order valence-corrected chi connectivity index (χ2v) is 6.24. The quantitative estimate of drug-likeness (QED) is 0.542. The van der Waals surface area contributed by atoms with Crippen molar-refractivity contribution in [2.75, 3.05) is 0 Å². The van der Waals surface area contributed by atoms with E-state index in [-0.39, 0.29) is 18.4 Å². The molecule has 0 radical (unpaired) electrons. The fourth-order valence-electron chi connectivity index (χ4n) is 2.20. The topological polar surface area (TPSA) is 128 Å². The minimum Gasteiger partial charge on any atom is -0.461 e. The summed E-state index contributed by atoms with van der Waals surface area (Å²) in [5.74, 6) is -2.71.